The molecule has 0 fully saturated rings. The molecule has 21 heavy (non-hydrogen) atoms. The fourth-order valence-corrected chi connectivity index (χ4v) is 2.24. The Morgan fingerprint density at radius 2 is 1.71 bits per heavy atom. The van der Waals surface area contributed by atoms with Gasteiger partial charge in [0.2, 0.25) is 0 Å². The molecule has 0 spiro atoms. The Morgan fingerprint density at radius 3 is 2.38 bits per heavy atom. The smallest absolute Gasteiger partial charge is 0.130 e. The lowest BCUT2D eigenvalue weighted by Gasteiger charge is -2.17. The first-order chi connectivity index (χ1) is 10.1. The minimum Gasteiger partial charge on any atom is -0.494 e. The third-order valence-corrected chi connectivity index (χ3v) is 3.30. The van der Waals surface area contributed by atoms with Crippen LogP contribution in [-0.4, -0.2) is 6.61 Å². The highest BCUT2D eigenvalue weighted by Gasteiger charge is 2.15. The van der Waals surface area contributed by atoms with Gasteiger partial charge in [-0.3, -0.25) is 0 Å². The van der Waals surface area contributed by atoms with Crippen LogP contribution in [-0.2, 0) is 6.54 Å². The van der Waals surface area contributed by atoms with Gasteiger partial charge >= 0.3 is 0 Å². The molecule has 2 aromatic rings. The first-order valence-corrected chi connectivity index (χ1v) is 7.01. The van der Waals surface area contributed by atoms with Crippen molar-refractivity contribution in [1.29, 1.82) is 0 Å². The quantitative estimate of drug-likeness (QED) is 0.860. The molecule has 0 aliphatic carbocycles. The summed E-state index contributed by atoms with van der Waals surface area (Å²) in [6.45, 7) is 4.71. The van der Waals surface area contributed by atoms with E-state index >= 15 is 0 Å². The first-order valence-electron chi connectivity index (χ1n) is 7.01. The minimum atomic E-state index is -0.534. The molecule has 2 nitrogen and oxygen atoms in total. The van der Waals surface area contributed by atoms with Crippen LogP contribution in [0.15, 0.2) is 42.5 Å². The number of hydrogen-bond acceptors (Lipinski definition) is 2. The van der Waals surface area contributed by atoms with Gasteiger partial charge in [0.15, 0.2) is 0 Å². The van der Waals surface area contributed by atoms with Crippen molar-refractivity contribution in [1.82, 2.24) is 5.32 Å². The average molecular weight is 291 g/mol. The maximum Gasteiger partial charge on any atom is 0.130 e. The summed E-state index contributed by atoms with van der Waals surface area (Å²) >= 11 is 0. The standard InChI is InChI=1S/C17H19F2NO/c1-3-21-16-10-5-4-7-13(16)11-20-12(2)17-14(18)8-6-9-15(17)19/h4-10,12,20H,3,11H2,1-2H3. The molecule has 0 aromatic heterocycles. The van der Waals surface area contributed by atoms with E-state index in [-0.39, 0.29) is 5.56 Å². The van der Waals surface area contributed by atoms with E-state index in [1.54, 1.807) is 6.92 Å². The first kappa shape index (κ1) is 15.4. The number of hydrogen-bond donors (Lipinski definition) is 1. The predicted octanol–water partition coefficient (Wildman–Crippen LogP) is 4.21. The summed E-state index contributed by atoms with van der Waals surface area (Å²) in [5.74, 6) is -0.283. The van der Waals surface area contributed by atoms with Crippen LogP contribution >= 0.6 is 0 Å². The Labute approximate surface area is 123 Å². The van der Waals surface area contributed by atoms with Gasteiger partial charge in [-0.25, -0.2) is 8.78 Å². The van der Waals surface area contributed by atoms with Gasteiger partial charge in [0.1, 0.15) is 17.4 Å². The Balaban J connectivity index is 2.09. The second-order valence-electron chi connectivity index (χ2n) is 4.78. The number of benzene rings is 2. The van der Waals surface area contributed by atoms with Crippen molar-refractivity contribution in [2.24, 2.45) is 0 Å². The molecule has 0 aliphatic rings. The van der Waals surface area contributed by atoms with E-state index in [1.807, 2.05) is 31.2 Å². The van der Waals surface area contributed by atoms with Crippen molar-refractivity contribution in [3.05, 3.63) is 65.2 Å². The molecular formula is C17H19F2NO. The average Bonchev–Trinajstić information content (AvgIpc) is 2.46. The maximum absolute atomic E-state index is 13.7. The predicted molar refractivity (Wildman–Crippen MR) is 79.2 cm³/mol. The topological polar surface area (TPSA) is 21.3 Å². The van der Waals surface area contributed by atoms with Crippen LogP contribution in [0, 0.1) is 11.6 Å². The van der Waals surface area contributed by atoms with Crippen molar-refractivity contribution in [2.75, 3.05) is 6.61 Å². The van der Waals surface area contributed by atoms with Gasteiger partial charge in [0.05, 0.1) is 6.61 Å². The molecular weight excluding hydrogens is 272 g/mol. The highest BCUT2D eigenvalue weighted by molar-refractivity contribution is 5.33. The van der Waals surface area contributed by atoms with Crippen molar-refractivity contribution >= 4 is 0 Å². The third kappa shape index (κ3) is 3.79. The van der Waals surface area contributed by atoms with Crippen LogP contribution in [0.5, 0.6) is 5.75 Å². The van der Waals surface area contributed by atoms with Gasteiger partial charge in [0, 0.05) is 23.7 Å². The van der Waals surface area contributed by atoms with Crippen LogP contribution in [0.2, 0.25) is 0 Å². The summed E-state index contributed by atoms with van der Waals surface area (Å²) in [6.07, 6.45) is 0. The normalized spacial score (nSPS) is 12.2. The van der Waals surface area contributed by atoms with Crippen molar-refractivity contribution in [2.45, 2.75) is 26.4 Å². The molecule has 0 bridgehead atoms. The molecule has 0 aliphatic heterocycles. The molecule has 0 saturated carbocycles. The van der Waals surface area contributed by atoms with Gasteiger partial charge in [-0.05, 0) is 32.0 Å². The second-order valence-corrected chi connectivity index (χ2v) is 4.78. The summed E-state index contributed by atoms with van der Waals surface area (Å²) in [7, 11) is 0. The van der Waals surface area contributed by atoms with Crippen LogP contribution in [0.3, 0.4) is 0 Å². The van der Waals surface area contributed by atoms with Gasteiger partial charge in [-0.1, -0.05) is 24.3 Å². The fourth-order valence-electron chi connectivity index (χ4n) is 2.24. The second kappa shape index (κ2) is 7.18. The summed E-state index contributed by atoms with van der Waals surface area (Å²) in [5, 5.41) is 3.14. The van der Waals surface area contributed by atoms with Crippen molar-refractivity contribution in [3.63, 3.8) is 0 Å². The molecule has 1 N–H and O–H groups in total. The number of ether oxygens (including phenoxy) is 1. The molecule has 0 amide bonds. The number of rotatable bonds is 6. The zero-order chi connectivity index (χ0) is 15.2. The lowest BCUT2D eigenvalue weighted by molar-refractivity contribution is 0.334. The molecule has 2 rings (SSSR count). The lowest BCUT2D eigenvalue weighted by Crippen LogP contribution is -2.20. The van der Waals surface area contributed by atoms with E-state index in [2.05, 4.69) is 5.32 Å². The van der Waals surface area contributed by atoms with Crippen LogP contribution in [0.1, 0.15) is 31.0 Å². The van der Waals surface area contributed by atoms with Crippen LogP contribution in [0.4, 0.5) is 8.78 Å². The van der Waals surface area contributed by atoms with Gasteiger partial charge in [-0.2, -0.15) is 0 Å². The fraction of sp³-hybridized carbons (Fsp3) is 0.294. The molecule has 0 heterocycles. The lowest BCUT2D eigenvalue weighted by atomic mass is 10.1. The summed E-state index contributed by atoms with van der Waals surface area (Å²) in [4.78, 5) is 0. The van der Waals surface area contributed by atoms with Gasteiger partial charge in [-0.15, -0.1) is 0 Å². The van der Waals surface area contributed by atoms with Gasteiger partial charge < -0.3 is 10.1 Å². The molecule has 1 atom stereocenters. The molecule has 0 radical (unpaired) electrons. The SMILES string of the molecule is CCOc1ccccc1CNC(C)c1c(F)cccc1F. The highest BCUT2D eigenvalue weighted by atomic mass is 19.1. The summed E-state index contributed by atoms with van der Waals surface area (Å²) in [6, 6.07) is 11.1. The molecule has 1 unspecified atom stereocenters. The van der Waals surface area contributed by atoms with E-state index in [9.17, 15) is 8.78 Å². The van der Waals surface area contributed by atoms with E-state index in [1.165, 1.54) is 18.2 Å². The number of para-hydroxylation sites is 1. The molecule has 112 valence electrons. The summed E-state index contributed by atoms with van der Waals surface area (Å²) in [5.41, 5.74) is 1.02. The Kier molecular flexibility index (Phi) is 5.28. The molecule has 0 saturated heterocycles. The van der Waals surface area contributed by atoms with Gasteiger partial charge in [0.25, 0.3) is 0 Å². The summed E-state index contributed by atoms with van der Waals surface area (Å²) < 4.78 is 33.0. The molecule has 2 aromatic carbocycles. The Morgan fingerprint density at radius 1 is 1.05 bits per heavy atom. The number of halogens is 2. The Bertz CT molecular complexity index is 581. The zero-order valence-electron chi connectivity index (χ0n) is 12.2. The highest BCUT2D eigenvalue weighted by Crippen LogP contribution is 2.22. The maximum atomic E-state index is 13.7. The third-order valence-electron chi connectivity index (χ3n) is 3.30. The zero-order valence-corrected chi connectivity index (χ0v) is 12.2. The van der Waals surface area contributed by atoms with E-state index in [0.717, 1.165) is 11.3 Å². The molecule has 4 heteroatoms. The van der Waals surface area contributed by atoms with E-state index < -0.39 is 17.7 Å². The minimum absolute atomic E-state index is 0.0615. The Hall–Kier alpha value is -1.94. The van der Waals surface area contributed by atoms with Crippen LogP contribution in [0.25, 0.3) is 0 Å². The number of nitrogens with one attached hydrogen (secondary N) is 1. The van der Waals surface area contributed by atoms with E-state index in [4.69, 9.17) is 4.74 Å². The van der Waals surface area contributed by atoms with Crippen molar-refractivity contribution < 1.29 is 13.5 Å². The monoisotopic (exact) mass is 291 g/mol. The largest absolute Gasteiger partial charge is 0.494 e. The van der Waals surface area contributed by atoms with Crippen molar-refractivity contribution in [3.8, 4) is 5.75 Å². The van der Waals surface area contributed by atoms with Crippen LogP contribution < -0.4 is 10.1 Å². The van der Waals surface area contributed by atoms with E-state index in [0.29, 0.717) is 13.2 Å².